The molecule has 1 aliphatic carbocycles. The Morgan fingerprint density at radius 1 is 1.16 bits per heavy atom. The minimum Gasteiger partial charge on any atom is -0.441 e. The van der Waals surface area contributed by atoms with Crippen LogP contribution in [0.25, 0.3) is 22.2 Å². The monoisotopic (exact) mass is 422 g/mol. The molecule has 1 aromatic carbocycles. The molecule has 1 saturated carbocycles. The number of aromatic nitrogens is 3. The zero-order chi connectivity index (χ0) is 21.4. The van der Waals surface area contributed by atoms with Crippen molar-refractivity contribution in [3.63, 3.8) is 0 Å². The van der Waals surface area contributed by atoms with E-state index in [9.17, 15) is 9.18 Å². The van der Waals surface area contributed by atoms with Crippen LogP contribution in [0.4, 0.5) is 4.39 Å². The first kappa shape index (κ1) is 20.2. The SMILES string of the molecule is Cc1ncc(-c2ccc3nnc(CC(=O)C4CCC(CN5CC(F)C5)CC4)cc3c2)o1. The number of fused-ring (bicyclic) bond motifs is 1. The van der Waals surface area contributed by atoms with Crippen molar-refractivity contribution in [1.29, 1.82) is 0 Å². The highest BCUT2D eigenvalue weighted by molar-refractivity contribution is 5.86. The average molecular weight is 423 g/mol. The molecule has 2 fully saturated rings. The third-order valence-electron chi connectivity index (χ3n) is 6.63. The predicted octanol–water partition coefficient (Wildman–Crippen LogP) is 4.16. The maximum Gasteiger partial charge on any atom is 0.191 e. The number of hydrogen-bond acceptors (Lipinski definition) is 6. The fourth-order valence-electron chi connectivity index (χ4n) is 4.83. The van der Waals surface area contributed by atoms with Gasteiger partial charge in [0.2, 0.25) is 0 Å². The van der Waals surface area contributed by atoms with Crippen molar-refractivity contribution in [2.75, 3.05) is 19.6 Å². The van der Waals surface area contributed by atoms with E-state index in [4.69, 9.17) is 4.42 Å². The van der Waals surface area contributed by atoms with Crippen LogP contribution in [-0.4, -0.2) is 51.7 Å². The number of oxazole rings is 1. The Morgan fingerprint density at radius 2 is 1.97 bits per heavy atom. The highest BCUT2D eigenvalue weighted by Gasteiger charge is 2.31. The summed E-state index contributed by atoms with van der Waals surface area (Å²) in [5.41, 5.74) is 2.43. The predicted molar refractivity (Wildman–Crippen MR) is 115 cm³/mol. The third kappa shape index (κ3) is 4.51. The van der Waals surface area contributed by atoms with Crippen molar-refractivity contribution in [3.8, 4) is 11.3 Å². The lowest BCUT2D eigenvalue weighted by molar-refractivity contribution is -0.123. The van der Waals surface area contributed by atoms with Crippen LogP contribution in [0.5, 0.6) is 0 Å². The number of aryl methyl sites for hydroxylation is 1. The van der Waals surface area contributed by atoms with Crippen molar-refractivity contribution < 1.29 is 13.6 Å². The summed E-state index contributed by atoms with van der Waals surface area (Å²) < 4.78 is 18.6. The summed E-state index contributed by atoms with van der Waals surface area (Å²) in [5.74, 6) is 2.28. The number of rotatable bonds is 6. The Morgan fingerprint density at radius 3 is 2.68 bits per heavy atom. The minimum atomic E-state index is -0.642. The summed E-state index contributed by atoms with van der Waals surface area (Å²) in [4.78, 5) is 19.2. The van der Waals surface area contributed by atoms with E-state index >= 15 is 0 Å². The molecule has 0 radical (unpaired) electrons. The van der Waals surface area contributed by atoms with Gasteiger partial charge in [0.05, 0.1) is 23.8 Å². The highest BCUT2D eigenvalue weighted by atomic mass is 19.1. The van der Waals surface area contributed by atoms with Crippen LogP contribution in [0, 0.1) is 18.8 Å². The molecular formula is C24H27FN4O2. The molecule has 5 rings (SSSR count). The van der Waals surface area contributed by atoms with Gasteiger partial charge in [-0.05, 0) is 55.9 Å². The number of halogens is 1. The lowest BCUT2D eigenvalue weighted by atomic mass is 9.78. The third-order valence-corrected chi connectivity index (χ3v) is 6.63. The first-order valence-electron chi connectivity index (χ1n) is 11.1. The van der Waals surface area contributed by atoms with Gasteiger partial charge in [-0.1, -0.05) is 0 Å². The minimum absolute atomic E-state index is 0.0996. The zero-order valence-electron chi connectivity index (χ0n) is 17.8. The fraction of sp³-hybridized carbons (Fsp3) is 0.500. The van der Waals surface area contributed by atoms with E-state index in [1.165, 1.54) is 0 Å². The van der Waals surface area contributed by atoms with Gasteiger partial charge in [-0.25, -0.2) is 9.37 Å². The number of alkyl halides is 1. The van der Waals surface area contributed by atoms with Crippen LogP contribution in [0.1, 0.15) is 37.3 Å². The van der Waals surface area contributed by atoms with Crippen molar-refractivity contribution in [1.82, 2.24) is 20.1 Å². The highest BCUT2D eigenvalue weighted by Crippen LogP contribution is 2.32. The summed E-state index contributed by atoms with van der Waals surface area (Å²) in [7, 11) is 0. The largest absolute Gasteiger partial charge is 0.441 e. The molecule has 1 aliphatic heterocycles. The van der Waals surface area contributed by atoms with Gasteiger partial charge in [0.1, 0.15) is 12.0 Å². The van der Waals surface area contributed by atoms with Crippen molar-refractivity contribution >= 4 is 16.7 Å². The molecule has 0 atom stereocenters. The van der Waals surface area contributed by atoms with Crippen molar-refractivity contribution in [3.05, 3.63) is 42.0 Å². The first-order valence-corrected chi connectivity index (χ1v) is 11.1. The Kier molecular flexibility index (Phi) is 5.52. The van der Waals surface area contributed by atoms with Crippen LogP contribution in [0.3, 0.4) is 0 Å². The molecule has 162 valence electrons. The van der Waals surface area contributed by atoms with E-state index in [-0.39, 0.29) is 11.7 Å². The molecule has 6 nitrogen and oxygen atoms in total. The number of benzene rings is 1. The Balaban J connectivity index is 1.21. The zero-order valence-corrected chi connectivity index (χ0v) is 17.8. The van der Waals surface area contributed by atoms with E-state index in [0.29, 0.717) is 42.8 Å². The van der Waals surface area contributed by atoms with Crippen LogP contribution in [0.15, 0.2) is 34.9 Å². The molecule has 0 unspecified atom stereocenters. The van der Waals surface area contributed by atoms with Crippen molar-refractivity contribution in [2.45, 2.75) is 45.2 Å². The second-order valence-electron chi connectivity index (χ2n) is 9.03. The lowest BCUT2D eigenvalue weighted by Gasteiger charge is -2.38. The molecule has 3 aromatic rings. The van der Waals surface area contributed by atoms with Gasteiger partial charge >= 0.3 is 0 Å². The first-order chi connectivity index (χ1) is 15.0. The molecular weight excluding hydrogens is 395 g/mol. The van der Waals surface area contributed by atoms with E-state index in [1.807, 2.05) is 31.2 Å². The van der Waals surface area contributed by atoms with Gasteiger partial charge in [-0.3, -0.25) is 9.69 Å². The molecule has 1 saturated heterocycles. The quantitative estimate of drug-likeness (QED) is 0.594. The topological polar surface area (TPSA) is 72.1 Å². The molecule has 0 bridgehead atoms. The van der Waals surface area contributed by atoms with Gasteiger partial charge in [-0.15, -0.1) is 0 Å². The number of carbonyl (C=O) groups excluding carboxylic acids is 1. The molecule has 2 aliphatic rings. The smallest absolute Gasteiger partial charge is 0.191 e. The second kappa shape index (κ2) is 8.46. The Labute approximate surface area is 180 Å². The van der Waals surface area contributed by atoms with E-state index in [1.54, 1.807) is 6.20 Å². The van der Waals surface area contributed by atoms with Crippen LogP contribution in [-0.2, 0) is 11.2 Å². The van der Waals surface area contributed by atoms with Crippen LogP contribution in [0.2, 0.25) is 0 Å². The number of nitrogens with zero attached hydrogens (tertiary/aromatic N) is 4. The van der Waals surface area contributed by atoms with Gasteiger partial charge in [0, 0.05) is 43.4 Å². The molecule has 3 heterocycles. The number of hydrogen-bond donors (Lipinski definition) is 0. The number of likely N-dealkylation sites (tertiary alicyclic amines) is 1. The summed E-state index contributed by atoms with van der Waals surface area (Å²) in [6.45, 7) is 3.95. The lowest BCUT2D eigenvalue weighted by Crippen LogP contribution is -2.50. The Bertz CT molecular complexity index is 1080. The summed E-state index contributed by atoms with van der Waals surface area (Å²) in [5, 5.41) is 9.52. The molecule has 0 N–H and O–H groups in total. The standard InChI is InChI=1S/C24H27FN4O2/c1-15-26-11-24(31-15)18-6-7-22-19(8-18)9-21(27-28-22)10-23(30)17-4-2-16(3-5-17)12-29-13-20(25)14-29/h6-9,11,16-17,20H,2-5,10,12-14H2,1H3. The van der Waals surface area contributed by atoms with Crippen LogP contribution < -0.4 is 0 Å². The number of Topliss-reactive ketones (excluding diaryl/α,β-unsaturated/α-hetero) is 1. The van der Waals surface area contributed by atoms with Gasteiger partial charge in [0.15, 0.2) is 11.7 Å². The molecule has 0 spiro atoms. The molecule has 31 heavy (non-hydrogen) atoms. The van der Waals surface area contributed by atoms with E-state index in [0.717, 1.165) is 48.7 Å². The summed E-state index contributed by atoms with van der Waals surface area (Å²) in [6.07, 6.45) is 5.33. The van der Waals surface area contributed by atoms with Gasteiger partial charge in [0.25, 0.3) is 0 Å². The number of carbonyl (C=O) groups is 1. The average Bonchev–Trinajstić information content (AvgIpc) is 3.19. The maximum absolute atomic E-state index is 13.0. The molecule has 2 aromatic heterocycles. The van der Waals surface area contributed by atoms with Crippen LogP contribution >= 0.6 is 0 Å². The normalized spacial score (nSPS) is 22.5. The van der Waals surface area contributed by atoms with Crippen molar-refractivity contribution in [2.24, 2.45) is 11.8 Å². The fourth-order valence-corrected chi connectivity index (χ4v) is 4.83. The summed E-state index contributed by atoms with van der Waals surface area (Å²) in [6, 6.07) is 7.80. The summed E-state index contributed by atoms with van der Waals surface area (Å²) >= 11 is 0. The number of ketones is 1. The van der Waals surface area contributed by atoms with E-state index in [2.05, 4.69) is 20.1 Å². The molecule has 0 amide bonds. The molecule has 7 heteroatoms. The van der Waals surface area contributed by atoms with Gasteiger partial charge < -0.3 is 4.42 Å². The second-order valence-corrected chi connectivity index (χ2v) is 9.03. The Hall–Kier alpha value is -2.67. The van der Waals surface area contributed by atoms with Gasteiger partial charge in [-0.2, -0.15) is 10.2 Å². The maximum atomic E-state index is 13.0. The van der Waals surface area contributed by atoms with E-state index < -0.39 is 6.17 Å².